The summed E-state index contributed by atoms with van der Waals surface area (Å²) in [5, 5.41) is 12.8. The van der Waals surface area contributed by atoms with E-state index in [0.29, 0.717) is 6.42 Å². The monoisotopic (exact) mass is 303 g/mol. The zero-order valence-electron chi connectivity index (χ0n) is 12.5. The molecule has 6 nitrogen and oxygen atoms in total. The summed E-state index contributed by atoms with van der Waals surface area (Å²) in [6.07, 6.45) is 3.29. The Morgan fingerprint density at radius 2 is 2.09 bits per heavy atom. The molecule has 6 heteroatoms. The lowest BCUT2D eigenvalue weighted by Gasteiger charge is -2.17. The summed E-state index contributed by atoms with van der Waals surface area (Å²) >= 11 is 0. The van der Waals surface area contributed by atoms with Crippen LogP contribution in [0.1, 0.15) is 25.3 Å². The number of nitrogens with one attached hydrogen (secondary N) is 2. The predicted molar refractivity (Wildman–Crippen MR) is 84.5 cm³/mol. The van der Waals surface area contributed by atoms with Gasteiger partial charge in [-0.2, -0.15) is 0 Å². The Bertz CT molecular complexity index is 665. The van der Waals surface area contributed by atoms with E-state index < -0.39 is 24.0 Å². The maximum atomic E-state index is 11.9. The van der Waals surface area contributed by atoms with Gasteiger partial charge in [-0.3, -0.25) is 4.79 Å². The molecule has 2 rings (SSSR count). The minimum absolute atomic E-state index is 0.212. The number of aromatic nitrogens is 1. The van der Waals surface area contributed by atoms with Gasteiger partial charge in [0.15, 0.2) is 0 Å². The van der Waals surface area contributed by atoms with Gasteiger partial charge in [-0.05, 0) is 18.1 Å². The Hall–Kier alpha value is -2.34. The first-order valence-corrected chi connectivity index (χ1v) is 7.36. The topological polar surface area (TPSA) is 108 Å². The summed E-state index contributed by atoms with van der Waals surface area (Å²) in [5.41, 5.74) is 7.52. The van der Waals surface area contributed by atoms with Crippen molar-refractivity contribution >= 4 is 22.8 Å². The zero-order valence-corrected chi connectivity index (χ0v) is 12.5. The van der Waals surface area contributed by atoms with Crippen LogP contribution in [0.2, 0.25) is 0 Å². The molecule has 0 spiro atoms. The number of hydrogen-bond donors (Lipinski definition) is 4. The van der Waals surface area contributed by atoms with E-state index in [-0.39, 0.29) is 6.42 Å². The molecule has 22 heavy (non-hydrogen) atoms. The van der Waals surface area contributed by atoms with E-state index in [1.165, 1.54) is 0 Å². The summed E-state index contributed by atoms with van der Waals surface area (Å²) in [5.74, 6) is -1.49. The van der Waals surface area contributed by atoms with E-state index >= 15 is 0 Å². The third-order valence-electron chi connectivity index (χ3n) is 3.65. The highest BCUT2D eigenvalue weighted by Crippen LogP contribution is 2.19. The van der Waals surface area contributed by atoms with Crippen molar-refractivity contribution in [3.05, 3.63) is 36.0 Å². The van der Waals surface area contributed by atoms with Gasteiger partial charge < -0.3 is 21.1 Å². The van der Waals surface area contributed by atoms with Crippen LogP contribution in [-0.2, 0) is 16.0 Å². The maximum Gasteiger partial charge on any atom is 0.326 e. The smallest absolute Gasteiger partial charge is 0.326 e. The molecular weight excluding hydrogens is 282 g/mol. The average molecular weight is 303 g/mol. The van der Waals surface area contributed by atoms with E-state index in [9.17, 15) is 14.7 Å². The molecule has 0 aliphatic carbocycles. The number of carboxylic acid groups (broad SMARTS) is 1. The molecule has 0 unspecified atom stereocenters. The Balaban J connectivity index is 2.12. The van der Waals surface area contributed by atoms with Gasteiger partial charge in [0.2, 0.25) is 5.91 Å². The summed E-state index contributed by atoms with van der Waals surface area (Å²) in [6, 6.07) is 5.98. The molecule has 0 saturated heterocycles. The third-order valence-corrected chi connectivity index (χ3v) is 3.65. The van der Waals surface area contributed by atoms with Gasteiger partial charge in [0.25, 0.3) is 0 Å². The number of amides is 1. The molecule has 5 N–H and O–H groups in total. The molecule has 1 aromatic carbocycles. The van der Waals surface area contributed by atoms with Crippen LogP contribution in [0.25, 0.3) is 10.9 Å². The van der Waals surface area contributed by atoms with Gasteiger partial charge in [-0.25, -0.2) is 4.79 Å². The molecular formula is C16H21N3O3. The number of benzene rings is 1. The molecule has 0 aliphatic rings. The van der Waals surface area contributed by atoms with Gasteiger partial charge in [-0.1, -0.05) is 31.5 Å². The fourth-order valence-corrected chi connectivity index (χ4v) is 2.44. The number of hydrogen-bond acceptors (Lipinski definition) is 3. The van der Waals surface area contributed by atoms with Gasteiger partial charge in [0.1, 0.15) is 6.04 Å². The number of carbonyl (C=O) groups excluding carboxylic acids is 1. The zero-order chi connectivity index (χ0) is 16.1. The highest BCUT2D eigenvalue weighted by Gasteiger charge is 2.24. The largest absolute Gasteiger partial charge is 0.480 e. The molecule has 1 aromatic heterocycles. The van der Waals surface area contributed by atoms with Crippen molar-refractivity contribution in [2.24, 2.45) is 5.73 Å². The summed E-state index contributed by atoms with van der Waals surface area (Å²) in [4.78, 5) is 26.4. The van der Waals surface area contributed by atoms with Crippen LogP contribution in [0.15, 0.2) is 30.5 Å². The predicted octanol–water partition coefficient (Wildman–Crippen LogP) is 1.41. The minimum Gasteiger partial charge on any atom is -0.480 e. The van der Waals surface area contributed by atoms with Crippen molar-refractivity contribution < 1.29 is 14.7 Å². The SMILES string of the molecule is CCC[C@H](N)C(=O)N[C@@H](Cc1c[nH]c2ccccc12)C(=O)O. The molecule has 2 atom stereocenters. The van der Waals surface area contributed by atoms with Gasteiger partial charge >= 0.3 is 5.97 Å². The molecule has 2 aromatic rings. The lowest BCUT2D eigenvalue weighted by Crippen LogP contribution is -2.49. The molecule has 0 aliphatic heterocycles. The maximum absolute atomic E-state index is 11.9. The molecule has 0 bridgehead atoms. The van der Waals surface area contributed by atoms with E-state index in [2.05, 4.69) is 10.3 Å². The van der Waals surface area contributed by atoms with Gasteiger partial charge in [0, 0.05) is 23.5 Å². The van der Waals surface area contributed by atoms with Crippen LogP contribution in [0.3, 0.4) is 0 Å². The number of H-pyrrole nitrogens is 1. The highest BCUT2D eigenvalue weighted by atomic mass is 16.4. The van der Waals surface area contributed by atoms with Crippen LogP contribution >= 0.6 is 0 Å². The second kappa shape index (κ2) is 7.09. The van der Waals surface area contributed by atoms with Crippen molar-refractivity contribution in [1.82, 2.24) is 10.3 Å². The quantitative estimate of drug-likeness (QED) is 0.620. The number of aliphatic carboxylic acids is 1. The van der Waals surface area contributed by atoms with Crippen LogP contribution in [0.5, 0.6) is 0 Å². The lowest BCUT2D eigenvalue weighted by molar-refractivity contribution is -0.142. The number of para-hydroxylation sites is 1. The number of carbonyl (C=O) groups is 2. The highest BCUT2D eigenvalue weighted by molar-refractivity contribution is 5.88. The number of carboxylic acids is 1. The third kappa shape index (κ3) is 3.65. The van der Waals surface area contributed by atoms with Crippen molar-refractivity contribution in [2.45, 2.75) is 38.3 Å². The van der Waals surface area contributed by atoms with Crippen LogP contribution in [0, 0.1) is 0 Å². The van der Waals surface area contributed by atoms with E-state index in [0.717, 1.165) is 22.9 Å². The first-order chi connectivity index (χ1) is 10.5. The normalized spacial score (nSPS) is 13.7. The Labute approximate surface area is 128 Å². The van der Waals surface area contributed by atoms with Crippen molar-refractivity contribution in [2.75, 3.05) is 0 Å². The first kappa shape index (κ1) is 16.0. The van der Waals surface area contributed by atoms with Crippen molar-refractivity contribution in [1.29, 1.82) is 0 Å². The second-order valence-corrected chi connectivity index (χ2v) is 5.36. The average Bonchev–Trinajstić information content (AvgIpc) is 2.90. The molecule has 0 saturated carbocycles. The molecule has 0 radical (unpaired) electrons. The summed E-state index contributed by atoms with van der Waals surface area (Å²) in [7, 11) is 0. The minimum atomic E-state index is -1.07. The number of nitrogens with two attached hydrogens (primary N) is 1. The Morgan fingerprint density at radius 3 is 2.77 bits per heavy atom. The van der Waals surface area contributed by atoms with Crippen molar-refractivity contribution in [3.8, 4) is 0 Å². The van der Waals surface area contributed by atoms with E-state index in [1.807, 2.05) is 31.2 Å². The fraction of sp³-hybridized carbons (Fsp3) is 0.375. The first-order valence-electron chi connectivity index (χ1n) is 7.36. The molecule has 118 valence electrons. The fourth-order valence-electron chi connectivity index (χ4n) is 2.44. The van der Waals surface area contributed by atoms with Crippen molar-refractivity contribution in [3.63, 3.8) is 0 Å². The number of aromatic amines is 1. The Morgan fingerprint density at radius 1 is 1.36 bits per heavy atom. The number of rotatable bonds is 7. The van der Waals surface area contributed by atoms with Crippen LogP contribution in [-0.4, -0.2) is 34.1 Å². The molecule has 0 fully saturated rings. The number of fused-ring (bicyclic) bond motifs is 1. The molecule has 1 heterocycles. The van der Waals surface area contributed by atoms with Gasteiger partial charge in [-0.15, -0.1) is 0 Å². The summed E-state index contributed by atoms with van der Waals surface area (Å²) in [6.45, 7) is 1.92. The molecule has 1 amide bonds. The van der Waals surface area contributed by atoms with Crippen LogP contribution in [0.4, 0.5) is 0 Å². The van der Waals surface area contributed by atoms with E-state index in [4.69, 9.17) is 5.73 Å². The second-order valence-electron chi connectivity index (χ2n) is 5.36. The van der Waals surface area contributed by atoms with Gasteiger partial charge in [0.05, 0.1) is 6.04 Å². The Kier molecular flexibility index (Phi) is 5.16. The van der Waals surface area contributed by atoms with E-state index in [1.54, 1.807) is 6.20 Å². The standard InChI is InChI=1S/C16H21N3O3/c1-2-5-12(17)15(20)19-14(16(21)22)8-10-9-18-13-7-4-3-6-11(10)13/h3-4,6-7,9,12,14,18H,2,5,8,17H2,1H3,(H,19,20)(H,21,22)/t12-,14-/m0/s1. The van der Waals surface area contributed by atoms with Crippen LogP contribution < -0.4 is 11.1 Å². The lowest BCUT2D eigenvalue weighted by atomic mass is 10.0. The summed E-state index contributed by atoms with van der Waals surface area (Å²) < 4.78 is 0.